The standard InChI is InChI=1S/C28H26N4O2.2ClH/c1-20-16-22(9-11-26(20)34-23-6-3-2-4-7-23)32-27-24-17-21(8-10-25(24)30-19-31-27)12-14-28(33)13-5-15-29-18-28;;/h2-4,6-11,16-17,19,29,33H,5,13,15,18H2,1H3,(H,30,31,32);2*1H. The molecular weight excluding hydrogens is 495 g/mol. The van der Waals surface area contributed by atoms with Crippen LogP contribution < -0.4 is 15.4 Å². The molecule has 3 N–H and O–H groups in total. The Hall–Kier alpha value is -3.34. The van der Waals surface area contributed by atoms with Crippen LogP contribution in [0.5, 0.6) is 11.5 Å². The second kappa shape index (κ2) is 12.1. The van der Waals surface area contributed by atoms with Crippen LogP contribution in [0.3, 0.4) is 0 Å². The first-order valence-corrected chi connectivity index (χ1v) is 11.4. The Morgan fingerprint density at radius 3 is 2.61 bits per heavy atom. The molecule has 5 rings (SSSR count). The molecule has 8 heteroatoms. The molecule has 3 aromatic carbocycles. The van der Waals surface area contributed by atoms with Crippen molar-refractivity contribution in [3.05, 3.63) is 84.2 Å². The number of aliphatic hydroxyl groups is 1. The Labute approximate surface area is 223 Å². The number of halogens is 2. The van der Waals surface area contributed by atoms with Gasteiger partial charge in [-0.15, -0.1) is 24.8 Å². The number of rotatable bonds is 4. The molecule has 1 atom stereocenters. The van der Waals surface area contributed by atoms with Crippen LogP contribution in [-0.4, -0.2) is 33.8 Å². The monoisotopic (exact) mass is 522 g/mol. The molecule has 0 bridgehead atoms. The Kier molecular flexibility index (Phi) is 9.14. The van der Waals surface area contributed by atoms with E-state index in [0.717, 1.165) is 52.2 Å². The van der Waals surface area contributed by atoms with Crippen LogP contribution in [0.2, 0.25) is 0 Å². The highest BCUT2D eigenvalue weighted by Gasteiger charge is 2.26. The van der Waals surface area contributed by atoms with Crippen LogP contribution in [-0.2, 0) is 0 Å². The fourth-order valence-corrected chi connectivity index (χ4v) is 4.01. The molecule has 2 heterocycles. The van der Waals surface area contributed by atoms with Gasteiger partial charge in [0.05, 0.1) is 5.52 Å². The summed E-state index contributed by atoms with van der Waals surface area (Å²) in [5, 5.41) is 18.1. The van der Waals surface area contributed by atoms with Crippen molar-refractivity contribution in [2.75, 3.05) is 18.4 Å². The van der Waals surface area contributed by atoms with E-state index in [9.17, 15) is 5.11 Å². The van der Waals surface area contributed by atoms with E-state index in [1.807, 2.05) is 73.7 Å². The maximum atomic E-state index is 10.7. The average Bonchev–Trinajstić information content (AvgIpc) is 2.86. The van der Waals surface area contributed by atoms with Crippen molar-refractivity contribution in [1.29, 1.82) is 0 Å². The first kappa shape index (κ1) is 27.3. The minimum atomic E-state index is -0.984. The van der Waals surface area contributed by atoms with Crippen LogP contribution in [0, 0.1) is 18.8 Å². The maximum Gasteiger partial charge on any atom is 0.141 e. The second-order valence-electron chi connectivity index (χ2n) is 8.54. The van der Waals surface area contributed by atoms with Crippen LogP contribution in [0.1, 0.15) is 24.0 Å². The average molecular weight is 523 g/mol. The van der Waals surface area contributed by atoms with E-state index in [-0.39, 0.29) is 24.8 Å². The molecule has 1 fully saturated rings. The largest absolute Gasteiger partial charge is 0.457 e. The highest BCUT2D eigenvalue weighted by atomic mass is 35.5. The summed E-state index contributed by atoms with van der Waals surface area (Å²) >= 11 is 0. The molecule has 36 heavy (non-hydrogen) atoms. The molecule has 0 aliphatic carbocycles. The number of para-hydroxylation sites is 1. The molecule has 1 unspecified atom stereocenters. The van der Waals surface area contributed by atoms with Gasteiger partial charge in [0.2, 0.25) is 0 Å². The number of benzene rings is 3. The summed E-state index contributed by atoms with van der Waals surface area (Å²) in [4.78, 5) is 8.85. The van der Waals surface area contributed by atoms with Gasteiger partial charge in [-0.2, -0.15) is 0 Å². The number of anilines is 2. The van der Waals surface area contributed by atoms with Crippen molar-refractivity contribution in [3.63, 3.8) is 0 Å². The van der Waals surface area contributed by atoms with Crippen molar-refractivity contribution in [1.82, 2.24) is 15.3 Å². The first-order valence-electron chi connectivity index (χ1n) is 11.4. The number of hydrogen-bond donors (Lipinski definition) is 3. The molecule has 0 amide bonds. The molecule has 4 aromatic rings. The number of fused-ring (bicyclic) bond motifs is 1. The number of nitrogens with zero attached hydrogens (tertiary/aromatic N) is 2. The quantitative estimate of drug-likeness (QED) is 0.294. The molecule has 1 saturated heterocycles. The molecule has 0 saturated carbocycles. The maximum absolute atomic E-state index is 10.7. The van der Waals surface area contributed by atoms with Gasteiger partial charge in [0.15, 0.2) is 0 Å². The lowest BCUT2D eigenvalue weighted by atomic mass is 9.94. The molecule has 6 nitrogen and oxygen atoms in total. The van der Waals surface area contributed by atoms with Crippen molar-refractivity contribution in [3.8, 4) is 23.3 Å². The highest BCUT2D eigenvalue weighted by Crippen LogP contribution is 2.30. The number of hydrogen-bond acceptors (Lipinski definition) is 6. The molecule has 1 aliphatic rings. The smallest absolute Gasteiger partial charge is 0.141 e. The predicted octanol–water partition coefficient (Wildman–Crippen LogP) is 5.78. The third kappa shape index (κ3) is 6.45. The molecular formula is C28H28Cl2N4O2. The number of nitrogens with one attached hydrogen (secondary N) is 2. The third-order valence-corrected chi connectivity index (χ3v) is 5.84. The minimum absolute atomic E-state index is 0. The summed E-state index contributed by atoms with van der Waals surface area (Å²) < 4.78 is 5.99. The third-order valence-electron chi connectivity index (χ3n) is 5.84. The topological polar surface area (TPSA) is 79.3 Å². The fraction of sp³-hybridized carbons (Fsp3) is 0.214. The van der Waals surface area contributed by atoms with Crippen molar-refractivity contribution >= 4 is 47.2 Å². The predicted molar refractivity (Wildman–Crippen MR) is 149 cm³/mol. The van der Waals surface area contributed by atoms with E-state index in [2.05, 4.69) is 32.4 Å². The number of ether oxygens (including phenoxy) is 1. The lowest BCUT2D eigenvalue weighted by Gasteiger charge is -2.27. The van der Waals surface area contributed by atoms with Gasteiger partial charge in [0.25, 0.3) is 0 Å². The summed E-state index contributed by atoms with van der Waals surface area (Å²) in [7, 11) is 0. The number of aryl methyl sites for hydroxylation is 1. The Morgan fingerprint density at radius 1 is 1.03 bits per heavy atom. The number of piperidine rings is 1. The zero-order valence-electron chi connectivity index (χ0n) is 19.8. The van der Waals surface area contributed by atoms with Gasteiger partial charge in [-0.3, -0.25) is 0 Å². The molecule has 1 aromatic heterocycles. The zero-order chi connectivity index (χ0) is 23.4. The number of β-amino-alcohol motifs (C(OH)–C–C–N with tert-alkyl or cyclic N) is 1. The van der Waals surface area contributed by atoms with Gasteiger partial charge in [-0.1, -0.05) is 30.0 Å². The number of aromatic nitrogens is 2. The molecule has 0 spiro atoms. The fourth-order valence-electron chi connectivity index (χ4n) is 4.01. The normalized spacial score (nSPS) is 16.6. The van der Waals surface area contributed by atoms with Gasteiger partial charge >= 0.3 is 0 Å². The van der Waals surface area contributed by atoms with E-state index < -0.39 is 5.60 Å². The van der Waals surface area contributed by atoms with Crippen LogP contribution >= 0.6 is 24.8 Å². The van der Waals surface area contributed by atoms with E-state index in [4.69, 9.17) is 4.74 Å². The summed E-state index contributed by atoms with van der Waals surface area (Å²) in [6.45, 7) is 3.43. The second-order valence-corrected chi connectivity index (χ2v) is 8.54. The van der Waals surface area contributed by atoms with E-state index in [0.29, 0.717) is 18.8 Å². The van der Waals surface area contributed by atoms with Crippen molar-refractivity contribution in [2.24, 2.45) is 0 Å². The van der Waals surface area contributed by atoms with Crippen LogP contribution in [0.25, 0.3) is 10.9 Å². The SMILES string of the molecule is Cc1cc(Nc2ncnc3ccc(C#CC4(O)CCCNC4)cc23)ccc1Oc1ccccc1.Cl.Cl. The van der Waals surface area contributed by atoms with E-state index >= 15 is 0 Å². The highest BCUT2D eigenvalue weighted by molar-refractivity contribution is 5.91. The van der Waals surface area contributed by atoms with Crippen LogP contribution in [0.15, 0.2) is 73.1 Å². The molecule has 0 radical (unpaired) electrons. The van der Waals surface area contributed by atoms with Crippen LogP contribution in [0.4, 0.5) is 11.5 Å². The van der Waals surface area contributed by atoms with Crippen molar-refractivity contribution < 1.29 is 9.84 Å². The van der Waals surface area contributed by atoms with Gasteiger partial charge in [0.1, 0.15) is 29.2 Å². The lowest BCUT2D eigenvalue weighted by Crippen LogP contribution is -2.44. The molecule has 1 aliphatic heterocycles. The summed E-state index contributed by atoms with van der Waals surface area (Å²) in [5.41, 5.74) is 2.56. The Balaban J connectivity index is 0.00000180. The van der Waals surface area contributed by atoms with Crippen molar-refractivity contribution in [2.45, 2.75) is 25.4 Å². The van der Waals surface area contributed by atoms with Gasteiger partial charge in [-0.05, 0) is 80.4 Å². The van der Waals surface area contributed by atoms with Gasteiger partial charge in [-0.25, -0.2) is 9.97 Å². The minimum Gasteiger partial charge on any atom is -0.457 e. The molecule has 186 valence electrons. The Morgan fingerprint density at radius 2 is 1.86 bits per heavy atom. The Bertz CT molecular complexity index is 1380. The summed E-state index contributed by atoms with van der Waals surface area (Å²) in [6, 6.07) is 21.5. The van der Waals surface area contributed by atoms with E-state index in [1.54, 1.807) is 6.33 Å². The van der Waals surface area contributed by atoms with Gasteiger partial charge < -0.3 is 20.5 Å². The summed E-state index contributed by atoms with van der Waals surface area (Å²) in [6.07, 6.45) is 3.14. The van der Waals surface area contributed by atoms with Gasteiger partial charge in [0, 0.05) is 23.2 Å². The first-order chi connectivity index (χ1) is 16.6. The van der Waals surface area contributed by atoms with E-state index in [1.165, 1.54) is 0 Å². The zero-order valence-corrected chi connectivity index (χ0v) is 21.5. The lowest BCUT2D eigenvalue weighted by molar-refractivity contribution is 0.0736. The summed E-state index contributed by atoms with van der Waals surface area (Å²) in [5.74, 6) is 8.49.